The Labute approximate surface area is 89.1 Å². The highest BCUT2D eigenvalue weighted by atomic mass is 15.1. The van der Waals surface area contributed by atoms with Crippen molar-refractivity contribution in [1.29, 1.82) is 10.5 Å². The lowest BCUT2D eigenvalue weighted by molar-refractivity contribution is 0.906. The normalized spacial score (nSPS) is 9.00. The van der Waals surface area contributed by atoms with E-state index in [9.17, 15) is 0 Å². The fourth-order valence-electron chi connectivity index (χ4n) is 1.28. The minimum Gasteiger partial charge on any atom is -0.397 e. The summed E-state index contributed by atoms with van der Waals surface area (Å²) in [5.74, 6) is 0. The highest BCUT2D eigenvalue weighted by Crippen LogP contribution is 2.23. The van der Waals surface area contributed by atoms with Crippen molar-refractivity contribution in [2.24, 2.45) is 0 Å². The largest absolute Gasteiger partial charge is 0.397 e. The molecule has 0 aliphatic carbocycles. The van der Waals surface area contributed by atoms with Crippen molar-refractivity contribution in [3.8, 4) is 12.1 Å². The van der Waals surface area contributed by atoms with E-state index in [1.165, 1.54) is 0 Å². The predicted octanol–water partition coefficient (Wildman–Crippen LogP) is 1.49. The number of nitrogen functional groups attached to an aromatic ring is 1. The lowest BCUT2D eigenvalue weighted by Gasteiger charge is -2.19. The molecule has 0 saturated heterocycles. The second-order valence-electron chi connectivity index (χ2n) is 3.22. The number of hydrogen-bond donors (Lipinski definition) is 1. The quantitative estimate of drug-likeness (QED) is 0.750. The molecular weight excluding hydrogens is 188 g/mol. The molecule has 0 heterocycles. The Bertz CT molecular complexity index is 425. The van der Waals surface area contributed by atoms with Crippen LogP contribution in [-0.4, -0.2) is 13.6 Å². The predicted molar refractivity (Wildman–Crippen MR) is 59.1 cm³/mol. The second-order valence-corrected chi connectivity index (χ2v) is 3.22. The van der Waals surface area contributed by atoms with E-state index in [-0.39, 0.29) is 0 Å². The fourth-order valence-corrected chi connectivity index (χ4v) is 1.28. The molecule has 1 aromatic rings. The molecule has 2 N–H and O–H groups in total. The summed E-state index contributed by atoms with van der Waals surface area (Å²) >= 11 is 0. The minimum atomic E-state index is 0.437. The summed E-state index contributed by atoms with van der Waals surface area (Å²) in [6.45, 7) is 0.607. The van der Waals surface area contributed by atoms with E-state index in [0.29, 0.717) is 24.2 Å². The molecule has 0 amide bonds. The van der Waals surface area contributed by atoms with Gasteiger partial charge in [0.15, 0.2) is 0 Å². The van der Waals surface area contributed by atoms with Gasteiger partial charge in [-0.3, -0.25) is 0 Å². The molecule has 1 aromatic carbocycles. The number of hydrogen-bond acceptors (Lipinski definition) is 4. The highest BCUT2D eigenvalue weighted by Gasteiger charge is 2.05. The van der Waals surface area contributed by atoms with Crippen LogP contribution in [-0.2, 0) is 0 Å². The van der Waals surface area contributed by atoms with Crippen molar-refractivity contribution in [2.45, 2.75) is 6.42 Å². The molecule has 0 aliphatic heterocycles. The van der Waals surface area contributed by atoms with Crippen LogP contribution in [0.1, 0.15) is 12.0 Å². The number of nitriles is 2. The van der Waals surface area contributed by atoms with Gasteiger partial charge in [-0.25, -0.2) is 0 Å². The van der Waals surface area contributed by atoms with E-state index in [1.807, 2.05) is 11.9 Å². The van der Waals surface area contributed by atoms with Crippen molar-refractivity contribution in [2.75, 3.05) is 24.2 Å². The van der Waals surface area contributed by atoms with Gasteiger partial charge in [0.05, 0.1) is 35.5 Å². The van der Waals surface area contributed by atoms with Crippen molar-refractivity contribution in [3.63, 3.8) is 0 Å². The first-order chi connectivity index (χ1) is 7.19. The zero-order valence-corrected chi connectivity index (χ0v) is 8.57. The molecule has 76 valence electrons. The van der Waals surface area contributed by atoms with E-state index >= 15 is 0 Å². The number of benzene rings is 1. The molecule has 0 fully saturated rings. The fraction of sp³-hybridized carbons (Fsp3) is 0.273. The molecule has 0 bridgehead atoms. The van der Waals surface area contributed by atoms with Gasteiger partial charge >= 0.3 is 0 Å². The lowest BCUT2D eigenvalue weighted by Crippen LogP contribution is -2.19. The van der Waals surface area contributed by atoms with Gasteiger partial charge in [-0.2, -0.15) is 10.5 Å². The third-order valence-corrected chi connectivity index (χ3v) is 2.13. The van der Waals surface area contributed by atoms with Crippen LogP contribution in [0, 0.1) is 22.7 Å². The molecule has 0 radical (unpaired) electrons. The van der Waals surface area contributed by atoms with E-state index in [2.05, 4.69) is 12.1 Å². The number of nitrogens with zero attached hydrogens (tertiary/aromatic N) is 3. The molecule has 0 unspecified atom stereocenters. The first-order valence-electron chi connectivity index (χ1n) is 4.56. The average Bonchev–Trinajstić information content (AvgIpc) is 2.26. The molecule has 0 aromatic heterocycles. The van der Waals surface area contributed by atoms with Gasteiger partial charge in [-0.15, -0.1) is 0 Å². The first-order valence-corrected chi connectivity index (χ1v) is 4.56. The summed E-state index contributed by atoms with van der Waals surface area (Å²) in [5.41, 5.74) is 7.77. The van der Waals surface area contributed by atoms with E-state index in [0.717, 1.165) is 5.69 Å². The maximum Gasteiger partial charge on any atom is 0.0992 e. The Kier molecular flexibility index (Phi) is 3.54. The Balaban J connectivity index is 2.93. The number of anilines is 2. The van der Waals surface area contributed by atoms with Gasteiger partial charge in [0.25, 0.3) is 0 Å². The Morgan fingerprint density at radius 3 is 2.73 bits per heavy atom. The maximum atomic E-state index is 8.75. The van der Waals surface area contributed by atoms with Gasteiger partial charge in [0.2, 0.25) is 0 Å². The molecule has 1 rings (SSSR count). The molecule has 4 nitrogen and oxygen atoms in total. The van der Waals surface area contributed by atoms with E-state index in [4.69, 9.17) is 16.3 Å². The van der Waals surface area contributed by atoms with Crippen molar-refractivity contribution in [3.05, 3.63) is 23.8 Å². The monoisotopic (exact) mass is 200 g/mol. The highest BCUT2D eigenvalue weighted by molar-refractivity contribution is 5.69. The van der Waals surface area contributed by atoms with Crippen LogP contribution < -0.4 is 10.6 Å². The topological polar surface area (TPSA) is 76.8 Å². The van der Waals surface area contributed by atoms with Crippen LogP contribution >= 0.6 is 0 Å². The smallest absolute Gasteiger partial charge is 0.0992 e. The van der Waals surface area contributed by atoms with Gasteiger partial charge in [0, 0.05) is 13.6 Å². The zero-order valence-electron chi connectivity index (χ0n) is 8.57. The van der Waals surface area contributed by atoms with Crippen molar-refractivity contribution >= 4 is 11.4 Å². The first kappa shape index (κ1) is 10.9. The van der Waals surface area contributed by atoms with Crippen LogP contribution in [0.15, 0.2) is 18.2 Å². The molecule has 0 saturated carbocycles. The number of nitrogens with two attached hydrogens (primary N) is 1. The average molecular weight is 200 g/mol. The molecule has 0 atom stereocenters. The third-order valence-electron chi connectivity index (χ3n) is 2.13. The standard InChI is InChI=1S/C11H12N4/c1-15(6-2-5-12)11-7-9(8-13)3-4-10(11)14/h3-4,7H,2,6,14H2,1H3. The molecule has 4 heteroatoms. The third kappa shape index (κ3) is 2.62. The lowest BCUT2D eigenvalue weighted by atomic mass is 10.1. The Morgan fingerprint density at radius 2 is 2.13 bits per heavy atom. The second kappa shape index (κ2) is 4.88. The van der Waals surface area contributed by atoms with E-state index in [1.54, 1.807) is 18.2 Å². The van der Waals surface area contributed by atoms with Crippen molar-refractivity contribution < 1.29 is 0 Å². The van der Waals surface area contributed by atoms with Gasteiger partial charge < -0.3 is 10.6 Å². The van der Waals surface area contributed by atoms with Crippen LogP contribution in [0.4, 0.5) is 11.4 Å². The van der Waals surface area contributed by atoms with Crippen LogP contribution in [0.25, 0.3) is 0 Å². The Morgan fingerprint density at radius 1 is 1.40 bits per heavy atom. The summed E-state index contributed by atoms with van der Waals surface area (Å²) in [4.78, 5) is 1.87. The summed E-state index contributed by atoms with van der Waals surface area (Å²) in [7, 11) is 1.85. The minimum absolute atomic E-state index is 0.437. The molecule has 0 spiro atoms. The summed E-state index contributed by atoms with van der Waals surface area (Å²) < 4.78 is 0. The number of rotatable bonds is 3. The van der Waals surface area contributed by atoms with Crippen LogP contribution in [0.3, 0.4) is 0 Å². The molecular formula is C11H12N4. The van der Waals surface area contributed by atoms with Gasteiger partial charge in [0.1, 0.15) is 0 Å². The van der Waals surface area contributed by atoms with Crippen LogP contribution in [0.2, 0.25) is 0 Å². The Hall–Kier alpha value is -2.20. The zero-order chi connectivity index (χ0) is 11.3. The summed E-state index contributed by atoms with van der Waals surface area (Å²) in [6, 6.07) is 9.24. The van der Waals surface area contributed by atoms with Crippen molar-refractivity contribution in [1.82, 2.24) is 0 Å². The van der Waals surface area contributed by atoms with Gasteiger partial charge in [-0.1, -0.05) is 0 Å². The van der Waals surface area contributed by atoms with E-state index < -0.39 is 0 Å². The summed E-state index contributed by atoms with van der Waals surface area (Å²) in [6.07, 6.45) is 0.437. The van der Waals surface area contributed by atoms with Gasteiger partial charge in [-0.05, 0) is 18.2 Å². The molecule has 15 heavy (non-hydrogen) atoms. The SMILES string of the molecule is CN(CCC#N)c1cc(C#N)ccc1N. The maximum absolute atomic E-state index is 8.75. The van der Waals surface area contributed by atoms with Crippen LogP contribution in [0.5, 0.6) is 0 Å². The summed E-state index contributed by atoms with van der Waals surface area (Å²) in [5, 5.41) is 17.2. The molecule has 0 aliphatic rings.